The number of ether oxygens (including phenoxy) is 2. The molecule has 0 saturated carbocycles. The minimum Gasteiger partial charge on any atom is -0.497 e. The lowest BCUT2D eigenvalue weighted by Crippen LogP contribution is -2.53. The van der Waals surface area contributed by atoms with Crippen molar-refractivity contribution in [1.82, 2.24) is 20.2 Å². The lowest BCUT2D eigenvalue weighted by molar-refractivity contribution is 0.00378. The van der Waals surface area contributed by atoms with Crippen LogP contribution in [0.1, 0.15) is 42.1 Å². The highest BCUT2D eigenvalue weighted by atomic mass is 32.2. The van der Waals surface area contributed by atoms with Gasteiger partial charge in [-0.25, -0.2) is 9.97 Å². The van der Waals surface area contributed by atoms with Gasteiger partial charge in [0.05, 0.1) is 19.2 Å². The van der Waals surface area contributed by atoms with E-state index in [1.54, 1.807) is 31.0 Å². The number of methoxy groups -OCH3 is 1. The lowest BCUT2D eigenvalue weighted by atomic mass is 9.90. The summed E-state index contributed by atoms with van der Waals surface area (Å²) < 4.78 is 11.7. The van der Waals surface area contributed by atoms with Gasteiger partial charge in [0.1, 0.15) is 17.1 Å². The van der Waals surface area contributed by atoms with Gasteiger partial charge in [-0.2, -0.15) is 0 Å². The molecule has 1 spiro atoms. The number of fused-ring (bicyclic) bond motifs is 1. The van der Waals surface area contributed by atoms with Gasteiger partial charge >= 0.3 is 0 Å². The van der Waals surface area contributed by atoms with Crippen LogP contribution < -0.4 is 14.8 Å². The van der Waals surface area contributed by atoms with Crippen LogP contribution in [0.15, 0.2) is 35.7 Å². The van der Waals surface area contributed by atoms with E-state index in [4.69, 9.17) is 9.47 Å². The zero-order chi connectivity index (χ0) is 21.0. The predicted molar refractivity (Wildman–Crippen MR) is 116 cm³/mol. The summed E-state index contributed by atoms with van der Waals surface area (Å²) in [5.41, 5.74) is 1.30. The van der Waals surface area contributed by atoms with E-state index in [1.165, 1.54) is 0 Å². The Balaban J connectivity index is 1.39. The number of nitrogens with one attached hydrogen (secondary N) is 1. The second-order valence-corrected chi connectivity index (χ2v) is 8.89. The van der Waals surface area contributed by atoms with Gasteiger partial charge in [-0.1, -0.05) is 18.7 Å². The molecule has 3 heterocycles. The second-order valence-electron chi connectivity index (χ2n) is 7.83. The molecule has 8 heteroatoms. The molecular weight excluding hydrogens is 400 g/mol. The molecule has 0 radical (unpaired) electrons. The number of thioether (sulfide) groups is 1. The molecule has 2 aliphatic rings. The minimum absolute atomic E-state index is 0.0925. The maximum Gasteiger partial charge on any atom is 0.255 e. The van der Waals surface area contributed by atoms with Gasteiger partial charge in [0.15, 0.2) is 5.16 Å². The van der Waals surface area contributed by atoms with Crippen molar-refractivity contribution < 1.29 is 14.3 Å². The van der Waals surface area contributed by atoms with Crippen LogP contribution in [0.5, 0.6) is 11.5 Å². The highest BCUT2D eigenvalue weighted by molar-refractivity contribution is 7.99. The molecule has 1 N–H and O–H groups in total. The third-order valence-corrected chi connectivity index (χ3v) is 6.70. The first-order chi connectivity index (χ1) is 14.6. The molecule has 0 bridgehead atoms. The Kier molecular flexibility index (Phi) is 6.43. The van der Waals surface area contributed by atoms with Crippen molar-refractivity contribution in [1.29, 1.82) is 0 Å². The summed E-state index contributed by atoms with van der Waals surface area (Å²) in [6, 6.07) is 5.36. The van der Waals surface area contributed by atoms with Crippen LogP contribution in [0, 0.1) is 0 Å². The molecule has 1 aromatic heterocycles. The smallest absolute Gasteiger partial charge is 0.255 e. The number of amides is 1. The molecule has 30 heavy (non-hydrogen) atoms. The number of benzene rings is 1. The first-order valence-electron chi connectivity index (χ1n) is 10.4. The van der Waals surface area contributed by atoms with Crippen molar-refractivity contribution in [3.63, 3.8) is 0 Å². The number of rotatable bonds is 6. The maximum atomic E-state index is 12.5. The van der Waals surface area contributed by atoms with Gasteiger partial charge in [-0.05, 0) is 18.6 Å². The van der Waals surface area contributed by atoms with E-state index in [0.29, 0.717) is 23.6 Å². The van der Waals surface area contributed by atoms with E-state index < -0.39 is 0 Å². The van der Waals surface area contributed by atoms with Crippen molar-refractivity contribution in [3.05, 3.63) is 41.7 Å². The van der Waals surface area contributed by atoms with E-state index >= 15 is 0 Å². The number of carbonyl (C=O) groups is 1. The topological polar surface area (TPSA) is 76.6 Å². The van der Waals surface area contributed by atoms with E-state index in [2.05, 4.69) is 27.1 Å². The maximum absolute atomic E-state index is 12.5. The average Bonchev–Trinajstić information content (AvgIpc) is 2.91. The summed E-state index contributed by atoms with van der Waals surface area (Å²) in [5, 5.41) is 3.88. The molecule has 2 aliphatic heterocycles. The second kappa shape index (κ2) is 9.22. The Labute approximate surface area is 181 Å². The van der Waals surface area contributed by atoms with Crippen LogP contribution in [-0.2, 0) is 6.54 Å². The fourth-order valence-electron chi connectivity index (χ4n) is 3.86. The number of hydrogen-bond donors (Lipinski definition) is 1. The van der Waals surface area contributed by atoms with Crippen molar-refractivity contribution in [3.8, 4) is 11.5 Å². The molecule has 160 valence electrons. The highest BCUT2D eigenvalue weighted by Crippen LogP contribution is 2.35. The van der Waals surface area contributed by atoms with Gasteiger partial charge in [0.2, 0.25) is 0 Å². The molecule has 0 unspecified atom stereocenters. The zero-order valence-electron chi connectivity index (χ0n) is 17.5. The Bertz CT molecular complexity index is 882. The summed E-state index contributed by atoms with van der Waals surface area (Å²) in [6.07, 6.45) is 6.66. The largest absolute Gasteiger partial charge is 0.497 e. The fourth-order valence-corrected chi connectivity index (χ4v) is 4.50. The van der Waals surface area contributed by atoms with E-state index in [9.17, 15) is 4.79 Å². The summed E-state index contributed by atoms with van der Waals surface area (Å²) in [4.78, 5) is 23.8. The highest BCUT2D eigenvalue weighted by Gasteiger charge is 2.40. The van der Waals surface area contributed by atoms with Gasteiger partial charge in [-0.15, -0.1) is 0 Å². The average molecular weight is 429 g/mol. The third kappa shape index (κ3) is 4.70. The fraction of sp³-hybridized carbons (Fsp3) is 0.500. The van der Waals surface area contributed by atoms with E-state index in [0.717, 1.165) is 55.4 Å². The normalized spacial score (nSPS) is 18.3. The van der Waals surface area contributed by atoms with Crippen LogP contribution in [-0.4, -0.2) is 58.9 Å². The Morgan fingerprint density at radius 2 is 2.03 bits per heavy atom. The van der Waals surface area contributed by atoms with Crippen molar-refractivity contribution in [2.45, 2.75) is 43.5 Å². The van der Waals surface area contributed by atoms with Crippen molar-refractivity contribution >= 4 is 17.7 Å². The molecule has 7 nitrogen and oxygen atoms in total. The summed E-state index contributed by atoms with van der Waals surface area (Å²) in [5.74, 6) is 2.24. The van der Waals surface area contributed by atoms with Crippen LogP contribution >= 0.6 is 11.8 Å². The van der Waals surface area contributed by atoms with Crippen LogP contribution in [0.4, 0.5) is 0 Å². The van der Waals surface area contributed by atoms with Crippen molar-refractivity contribution in [2.24, 2.45) is 0 Å². The number of hydrogen-bond acceptors (Lipinski definition) is 7. The van der Waals surface area contributed by atoms with E-state index in [1.807, 2.05) is 18.5 Å². The third-order valence-electron chi connectivity index (χ3n) is 5.62. The number of likely N-dealkylation sites (tertiary alicyclic amines) is 1. The molecule has 1 amide bonds. The van der Waals surface area contributed by atoms with Gasteiger partial charge in [0, 0.05) is 62.3 Å². The summed E-state index contributed by atoms with van der Waals surface area (Å²) in [6.45, 7) is 5.28. The number of aromatic nitrogens is 2. The SMILES string of the molecule is CCCSc1ncc(CN2CCC3(CC2)CNC(=O)c2ccc(OC)cc2O3)cn1. The number of piperidine rings is 1. The number of carbonyl (C=O) groups excluding carboxylic acids is 1. The number of nitrogens with zero attached hydrogens (tertiary/aromatic N) is 3. The molecule has 1 saturated heterocycles. The quantitative estimate of drug-likeness (QED) is 0.559. The Hall–Kier alpha value is -2.32. The van der Waals surface area contributed by atoms with E-state index in [-0.39, 0.29) is 11.5 Å². The molecule has 0 atom stereocenters. The van der Waals surface area contributed by atoms with Gasteiger partial charge < -0.3 is 14.8 Å². The summed E-state index contributed by atoms with van der Waals surface area (Å²) >= 11 is 1.69. The Morgan fingerprint density at radius 1 is 1.27 bits per heavy atom. The molecule has 0 aliphatic carbocycles. The zero-order valence-corrected chi connectivity index (χ0v) is 18.3. The van der Waals surface area contributed by atoms with Gasteiger partial charge in [-0.3, -0.25) is 9.69 Å². The van der Waals surface area contributed by atoms with Crippen LogP contribution in [0.25, 0.3) is 0 Å². The summed E-state index contributed by atoms with van der Waals surface area (Å²) in [7, 11) is 1.62. The molecule has 1 fully saturated rings. The van der Waals surface area contributed by atoms with Crippen molar-refractivity contribution in [2.75, 3.05) is 32.5 Å². The van der Waals surface area contributed by atoms with Crippen LogP contribution in [0.3, 0.4) is 0 Å². The molecular formula is C22H28N4O3S. The molecule has 2 aromatic rings. The first-order valence-corrected chi connectivity index (χ1v) is 11.4. The monoisotopic (exact) mass is 428 g/mol. The predicted octanol–water partition coefficient (Wildman–Crippen LogP) is 3.14. The van der Waals surface area contributed by atoms with Gasteiger partial charge in [0.25, 0.3) is 5.91 Å². The van der Waals surface area contributed by atoms with Crippen LogP contribution in [0.2, 0.25) is 0 Å². The molecule has 4 rings (SSSR count). The first kappa shape index (κ1) is 20.9. The minimum atomic E-state index is -0.388. The standard InChI is InChI=1S/C22H28N4O3S/c1-3-10-30-21-23-12-16(13-24-21)14-26-8-6-22(7-9-26)15-25-20(27)18-5-4-17(28-2)11-19(18)29-22/h4-5,11-13H,3,6-10,14-15H2,1-2H3,(H,25,27). The molecule has 1 aromatic carbocycles. The Morgan fingerprint density at radius 3 is 2.73 bits per heavy atom. The lowest BCUT2D eigenvalue weighted by Gasteiger charge is -2.41.